The van der Waals surface area contributed by atoms with E-state index in [4.69, 9.17) is 11.6 Å². The van der Waals surface area contributed by atoms with E-state index in [2.05, 4.69) is 14.9 Å². The summed E-state index contributed by atoms with van der Waals surface area (Å²) < 4.78 is 27.8. The minimum Gasteiger partial charge on any atom is -0.369 e. The van der Waals surface area contributed by atoms with Crippen LogP contribution in [0, 0.1) is 6.92 Å². The molecule has 27 heavy (non-hydrogen) atoms. The first-order valence-corrected chi connectivity index (χ1v) is 10.4. The molecule has 1 aliphatic rings. The molecule has 2 aromatic carbocycles. The van der Waals surface area contributed by atoms with Gasteiger partial charge in [-0.1, -0.05) is 17.7 Å². The van der Waals surface area contributed by atoms with Gasteiger partial charge in [0.15, 0.2) is 0 Å². The molecule has 7 nitrogen and oxygen atoms in total. The summed E-state index contributed by atoms with van der Waals surface area (Å²) in [5, 5.41) is 0.659. The van der Waals surface area contributed by atoms with Crippen LogP contribution < -0.4 is 10.6 Å². The molecular weight excluding hydrogens is 388 g/mol. The van der Waals surface area contributed by atoms with E-state index in [1.54, 1.807) is 13.0 Å². The molecule has 1 aliphatic heterocycles. The summed E-state index contributed by atoms with van der Waals surface area (Å²) in [5.41, 5.74) is 2.33. The molecule has 0 spiro atoms. The number of halogens is 1. The van der Waals surface area contributed by atoms with E-state index < -0.39 is 10.0 Å². The predicted molar refractivity (Wildman–Crippen MR) is 106 cm³/mol. The van der Waals surface area contributed by atoms with Gasteiger partial charge in [-0.2, -0.15) is 4.31 Å². The minimum absolute atomic E-state index is 0.224. The Morgan fingerprint density at radius 1 is 1.00 bits per heavy atom. The zero-order valence-electron chi connectivity index (χ0n) is 14.7. The van der Waals surface area contributed by atoms with Gasteiger partial charge in [-0.3, -0.25) is 0 Å². The van der Waals surface area contributed by atoms with E-state index >= 15 is 0 Å². The largest absolute Gasteiger partial charge is 0.369 e. The number of piperazine rings is 1. The number of sulfonamides is 1. The highest BCUT2D eigenvalue weighted by molar-refractivity contribution is 7.89. The van der Waals surface area contributed by atoms with Gasteiger partial charge in [0.05, 0.1) is 15.9 Å². The van der Waals surface area contributed by atoms with Crippen molar-refractivity contribution < 1.29 is 8.42 Å². The molecule has 2 N–H and O–H groups in total. The van der Waals surface area contributed by atoms with Crippen LogP contribution in [0.2, 0.25) is 5.02 Å². The molecule has 0 amide bonds. The number of benzene rings is 2. The maximum atomic E-state index is 13.1. The maximum absolute atomic E-state index is 13.1. The lowest BCUT2D eigenvalue weighted by atomic mass is 10.2. The first-order valence-electron chi connectivity index (χ1n) is 8.58. The Morgan fingerprint density at radius 3 is 2.33 bits per heavy atom. The van der Waals surface area contributed by atoms with Crippen LogP contribution in [-0.2, 0) is 10.0 Å². The second-order valence-corrected chi connectivity index (χ2v) is 8.96. The van der Waals surface area contributed by atoms with Gasteiger partial charge < -0.3 is 14.9 Å². The van der Waals surface area contributed by atoms with Crippen molar-refractivity contribution in [3.05, 3.63) is 57.5 Å². The number of rotatable bonds is 3. The number of nitrogens with one attached hydrogen (secondary N) is 2. The van der Waals surface area contributed by atoms with Gasteiger partial charge in [0.1, 0.15) is 0 Å². The van der Waals surface area contributed by atoms with Crippen molar-refractivity contribution in [1.82, 2.24) is 14.3 Å². The third-order valence-corrected chi connectivity index (χ3v) is 7.12. The summed E-state index contributed by atoms with van der Waals surface area (Å²) in [6.07, 6.45) is 0. The Hall–Kier alpha value is -2.29. The van der Waals surface area contributed by atoms with Crippen LogP contribution >= 0.6 is 11.6 Å². The van der Waals surface area contributed by atoms with Crippen molar-refractivity contribution in [2.24, 2.45) is 0 Å². The van der Waals surface area contributed by atoms with Gasteiger partial charge in [-0.15, -0.1) is 0 Å². The molecule has 2 heterocycles. The molecule has 3 aromatic rings. The Labute approximate surface area is 161 Å². The Bertz CT molecular complexity index is 1160. The third-order valence-electron chi connectivity index (χ3n) is 4.84. The quantitative estimate of drug-likeness (QED) is 0.698. The second kappa shape index (κ2) is 6.70. The van der Waals surface area contributed by atoms with Crippen LogP contribution in [-0.4, -0.2) is 48.9 Å². The average Bonchev–Trinajstić information content (AvgIpc) is 3.00. The fourth-order valence-corrected chi connectivity index (χ4v) is 5.29. The lowest BCUT2D eigenvalue weighted by Gasteiger charge is -2.35. The van der Waals surface area contributed by atoms with Crippen LogP contribution in [0.15, 0.2) is 46.1 Å². The lowest BCUT2D eigenvalue weighted by Crippen LogP contribution is -2.48. The summed E-state index contributed by atoms with van der Waals surface area (Å²) in [6, 6.07) is 10.8. The number of imidazole rings is 1. The third kappa shape index (κ3) is 3.36. The molecular formula is C18H19ClN4O3S. The van der Waals surface area contributed by atoms with Crippen LogP contribution in [0.3, 0.4) is 0 Å². The van der Waals surface area contributed by atoms with Crippen molar-refractivity contribution >= 4 is 38.3 Å². The number of nitrogens with zero attached hydrogens (tertiary/aromatic N) is 2. The van der Waals surface area contributed by atoms with Crippen LogP contribution in [0.5, 0.6) is 0 Å². The van der Waals surface area contributed by atoms with Gasteiger partial charge >= 0.3 is 5.69 Å². The SMILES string of the molecule is Cc1cc2[nH]c(=O)[nH]c2cc1S(=O)(=O)N1CCN(c2cccc(Cl)c2)CC1. The van der Waals surface area contributed by atoms with Crippen molar-refractivity contribution in [3.63, 3.8) is 0 Å². The fraction of sp³-hybridized carbons (Fsp3) is 0.278. The number of hydrogen-bond donors (Lipinski definition) is 2. The van der Waals surface area contributed by atoms with Gasteiger partial charge in [-0.05, 0) is 42.8 Å². The monoisotopic (exact) mass is 406 g/mol. The highest BCUT2D eigenvalue weighted by Gasteiger charge is 2.30. The van der Waals surface area contributed by atoms with E-state index in [0.717, 1.165) is 5.69 Å². The molecule has 1 aromatic heterocycles. The van der Waals surface area contributed by atoms with Crippen LogP contribution in [0.4, 0.5) is 5.69 Å². The lowest BCUT2D eigenvalue weighted by molar-refractivity contribution is 0.384. The average molecular weight is 407 g/mol. The summed E-state index contributed by atoms with van der Waals surface area (Å²) in [5.74, 6) is 0. The number of H-pyrrole nitrogens is 2. The van der Waals surface area contributed by atoms with E-state index in [1.807, 2.05) is 24.3 Å². The standard InChI is InChI=1S/C18H19ClN4O3S/c1-12-9-15-16(21-18(24)20-15)11-17(12)27(25,26)23-7-5-22(6-8-23)14-4-2-3-13(19)10-14/h2-4,9-11H,5-8H2,1H3,(H2,20,21,24). The number of fused-ring (bicyclic) bond motifs is 1. The Kier molecular flexibility index (Phi) is 4.49. The Morgan fingerprint density at radius 2 is 1.67 bits per heavy atom. The fourth-order valence-electron chi connectivity index (χ4n) is 3.45. The number of hydrogen-bond acceptors (Lipinski definition) is 4. The van der Waals surface area contributed by atoms with Gasteiger partial charge in [0.2, 0.25) is 10.0 Å². The highest BCUT2D eigenvalue weighted by atomic mass is 35.5. The number of aromatic amines is 2. The molecule has 0 aliphatic carbocycles. The number of anilines is 1. The summed E-state index contributed by atoms with van der Waals surface area (Å²) in [6.45, 7) is 3.68. The zero-order chi connectivity index (χ0) is 19.2. The maximum Gasteiger partial charge on any atom is 0.323 e. The number of aromatic nitrogens is 2. The van der Waals surface area contributed by atoms with Crippen molar-refractivity contribution in [2.75, 3.05) is 31.1 Å². The summed E-state index contributed by atoms with van der Waals surface area (Å²) >= 11 is 6.05. The van der Waals surface area contributed by atoms with Gasteiger partial charge in [0.25, 0.3) is 0 Å². The first kappa shape index (κ1) is 18.1. The van der Waals surface area contributed by atoms with E-state index in [1.165, 1.54) is 10.4 Å². The molecule has 0 unspecified atom stereocenters. The van der Waals surface area contributed by atoms with Gasteiger partial charge in [-0.25, -0.2) is 13.2 Å². The normalized spacial score (nSPS) is 16.1. The Balaban J connectivity index is 1.58. The topological polar surface area (TPSA) is 89.3 Å². The summed E-state index contributed by atoms with van der Waals surface area (Å²) in [7, 11) is -3.64. The van der Waals surface area contributed by atoms with Crippen molar-refractivity contribution in [2.45, 2.75) is 11.8 Å². The zero-order valence-corrected chi connectivity index (χ0v) is 16.3. The van der Waals surface area contributed by atoms with Crippen LogP contribution in [0.1, 0.15) is 5.56 Å². The molecule has 1 saturated heterocycles. The first-order chi connectivity index (χ1) is 12.8. The molecule has 0 radical (unpaired) electrons. The van der Waals surface area contributed by atoms with E-state index in [-0.39, 0.29) is 10.6 Å². The van der Waals surface area contributed by atoms with Crippen LogP contribution in [0.25, 0.3) is 11.0 Å². The van der Waals surface area contributed by atoms with Crippen molar-refractivity contribution in [1.29, 1.82) is 0 Å². The number of aryl methyl sites for hydroxylation is 1. The second-order valence-electron chi connectivity index (χ2n) is 6.61. The predicted octanol–water partition coefficient (Wildman–Crippen LogP) is 2.33. The molecule has 142 valence electrons. The molecule has 0 bridgehead atoms. The molecule has 0 saturated carbocycles. The summed E-state index contributed by atoms with van der Waals surface area (Å²) in [4.78, 5) is 19.1. The highest BCUT2D eigenvalue weighted by Crippen LogP contribution is 2.26. The molecule has 1 fully saturated rings. The molecule has 4 rings (SSSR count). The van der Waals surface area contributed by atoms with Gasteiger partial charge in [0, 0.05) is 36.9 Å². The van der Waals surface area contributed by atoms with Crippen molar-refractivity contribution in [3.8, 4) is 0 Å². The smallest absolute Gasteiger partial charge is 0.323 e. The van der Waals surface area contributed by atoms with E-state index in [0.29, 0.717) is 47.8 Å². The van der Waals surface area contributed by atoms with E-state index in [9.17, 15) is 13.2 Å². The molecule has 9 heteroatoms. The minimum atomic E-state index is -3.64. The molecule has 0 atom stereocenters.